The molecule has 4 amide bonds. The van der Waals surface area contributed by atoms with Crippen molar-refractivity contribution in [2.24, 2.45) is 0 Å². The Morgan fingerprint density at radius 3 is 0.774 bits per heavy atom. The molecular formula is C62H50B2F8FeN14O6. The summed E-state index contributed by atoms with van der Waals surface area (Å²) in [5.41, 5.74) is 5.79. The minimum absolute atomic E-state index is 0. The van der Waals surface area contributed by atoms with Gasteiger partial charge in [-0.05, 0) is 93.7 Å². The number of aromatic nitrogens is 12. The Morgan fingerprint density at radius 2 is 0.559 bits per heavy atom. The summed E-state index contributed by atoms with van der Waals surface area (Å²) in [4.78, 5) is 55.7. The number of imide groups is 2. The summed E-state index contributed by atoms with van der Waals surface area (Å²) in [7, 11) is -12.0. The number of amides is 4. The molecule has 2 aliphatic rings. The van der Waals surface area contributed by atoms with Crippen LogP contribution in [0.5, 0.6) is 0 Å². The Labute approximate surface area is 533 Å². The second-order valence-electron chi connectivity index (χ2n) is 20.7. The average Bonchev–Trinajstić information content (AvgIpc) is 1.45. The number of carbonyl (C=O) groups is 4. The maximum Gasteiger partial charge on any atom is 2.00 e. The molecule has 2 aliphatic heterocycles. The molecule has 20 nitrogen and oxygen atoms in total. The largest absolute Gasteiger partial charge is 2.00 e. The van der Waals surface area contributed by atoms with Gasteiger partial charge in [0.2, 0.25) is 0 Å². The summed E-state index contributed by atoms with van der Waals surface area (Å²) in [5, 5.41) is 30.2. The molecule has 0 radical (unpaired) electrons. The maximum absolute atomic E-state index is 13.3. The zero-order chi connectivity index (χ0) is 64.6. The molecular weight excluding hydrogens is 1270 g/mol. The van der Waals surface area contributed by atoms with Crippen LogP contribution in [0.3, 0.4) is 0 Å². The standard InChI is InChI=1S/2C31H25N7O3.2BF4.Fe/c2*39-29-26-8-1-6-25-7-2-9-27(28(25)26)30(40)35(29)20-23-10-12-24(13-11-23)21-41-22-31(36-17-3-14-32-36,37-18-4-15-33-37)38-19-5-16-34-38;2*2-1(3,4)5;/h2*1-19H,20-22H2;;;/q;;2*-1;+2. The van der Waals surface area contributed by atoms with Gasteiger partial charge in [0.1, 0.15) is 13.2 Å². The Morgan fingerprint density at radius 1 is 0.333 bits per heavy atom. The van der Waals surface area contributed by atoms with Crippen LogP contribution in [0, 0.1) is 0 Å². The van der Waals surface area contributed by atoms with Crippen molar-refractivity contribution in [1.82, 2.24) is 68.5 Å². The van der Waals surface area contributed by atoms with Gasteiger partial charge >= 0.3 is 31.6 Å². The van der Waals surface area contributed by atoms with Crippen LogP contribution in [0.15, 0.2) is 232 Å². The first kappa shape index (κ1) is 65.3. The molecule has 14 rings (SSSR count). The molecule has 12 aromatic rings. The van der Waals surface area contributed by atoms with Gasteiger partial charge in [0.05, 0.1) is 26.3 Å². The predicted octanol–water partition coefficient (Wildman–Crippen LogP) is 10.9. The van der Waals surface area contributed by atoms with E-state index in [2.05, 4.69) is 30.6 Å². The van der Waals surface area contributed by atoms with Gasteiger partial charge in [0, 0.05) is 107 Å². The SMILES string of the molecule is F[B-](F)(F)F.F[B-](F)(F)F.O=C1c2cccc3cccc(c23)C(=O)N1Cc1ccc(COCC(n2cccn2)(n2cccn2)n2cccn2)cc1.O=C1c2cccc3cccc(c23)C(=O)N1Cc1ccc(COCC(n2cccn2)(n2cccn2)n2cccn2)cc1.[Fe+2]. The van der Waals surface area contributed by atoms with E-state index in [0.29, 0.717) is 35.5 Å². The minimum atomic E-state index is -6.00. The van der Waals surface area contributed by atoms with Crippen LogP contribution in [0.4, 0.5) is 34.5 Å². The first-order chi connectivity index (χ1) is 44.3. The summed E-state index contributed by atoms with van der Waals surface area (Å²) < 4.78 is 101. The third-order valence-electron chi connectivity index (χ3n) is 14.8. The number of halogens is 8. The van der Waals surface area contributed by atoms with Crippen molar-refractivity contribution < 1.29 is 80.2 Å². The van der Waals surface area contributed by atoms with Crippen molar-refractivity contribution in [3.63, 3.8) is 0 Å². The summed E-state index contributed by atoms with van der Waals surface area (Å²) in [6.45, 7) is 1.41. The van der Waals surface area contributed by atoms with E-state index in [0.717, 1.165) is 43.8 Å². The fourth-order valence-electron chi connectivity index (χ4n) is 10.8. The van der Waals surface area contributed by atoms with E-state index in [1.807, 2.05) is 171 Å². The smallest absolute Gasteiger partial charge is 0.418 e. The van der Waals surface area contributed by atoms with Gasteiger partial charge in [-0.3, -0.25) is 29.0 Å². The van der Waals surface area contributed by atoms with E-state index >= 15 is 0 Å². The van der Waals surface area contributed by atoms with E-state index in [1.165, 1.54) is 9.80 Å². The maximum atomic E-state index is 13.3. The Bertz CT molecular complexity index is 3910. The molecule has 0 fully saturated rings. The fourth-order valence-corrected chi connectivity index (χ4v) is 10.8. The molecule has 93 heavy (non-hydrogen) atoms. The quantitative estimate of drug-likeness (QED) is 0.0448. The minimum Gasteiger partial charge on any atom is -0.418 e. The van der Waals surface area contributed by atoms with Crippen molar-refractivity contribution in [2.75, 3.05) is 13.2 Å². The first-order valence-corrected chi connectivity index (χ1v) is 28.1. The molecule has 0 saturated heterocycles. The zero-order valence-corrected chi connectivity index (χ0v) is 49.5. The van der Waals surface area contributed by atoms with Crippen molar-refractivity contribution in [2.45, 2.75) is 37.9 Å². The van der Waals surface area contributed by atoms with Crippen LogP contribution >= 0.6 is 0 Å². The van der Waals surface area contributed by atoms with Gasteiger partial charge in [-0.15, -0.1) is 0 Å². The van der Waals surface area contributed by atoms with Crippen LogP contribution in [-0.4, -0.2) is 120 Å². The second kappa shape index (κ2) is 27.9. The molecule has 0 bridgehead atoms. The number of nitrogens with zero attached hydrogens (tertiary/aromatic N) is 14. The number of ether oxygens (including phenoxy) is 2. The Hall–Kier alpha value is -10.6. The molecule has 0 spiro atoms. The molecule has 0 unspecified atom stereocenters. The predicted molar refractivity (Wildman–Crippen MR) is 320 cm³/mol. The zero-order valence-electron chi connectivity index (χ0n) is 48.4. The molecule has 8 heterocycles. The van der Waals surface area contributed by atoms with Crippen LogP contribution in [0.1, 0.15) is 63.7 Å². The van der Waals surface area contributed by atoms with E-state index in [-0.39, 0.29) is 67.0 Å². The molecule has 0 N–H and O–H groups in total. The molecule has 0 aliphatic carbocycles. The molecule has 474 valence electrons. The number of benzene rings is 6. The van der Waals surface area contributed by atoms with E-state index in [1.54, 1.807) is 89.5 Å². The molecule has 0 saturated carbocycles. The van der Waals surface area contributed by atoms with Gasteiger partial charge in [-0.1, -0.05) is 97.1 Å². The van der Waals surface area contributed by atoms with Crippen LogP contribution < -0.4 is 0 Å². The van der Waals surface area contributed by atoms with Crippen molar-refractivity contribution in [1.29, 1.82) is 0 Å². The first-order valence-electron chi connectivity index (χ1n) is 28.1. The summed E-state index contributed by atoms with van der Waals surface area (Å²) in [6, 6.07) is 48.7. The van der Waals surface area contributed by atoms with Gasteiger partial charge in [0.15, 0.2) is 0 Å². The Balaban J connectivity index is 0.000000176. The second-order valence-corrected chi connectivity index (χ2v) is 20.7. The van der Waals surface area contributed by atoms with E-state index in [9.17, 15) is 53.7 Å². The molecule has 6 aromatic heterocycles. The van der Waals surface area contributed by atoms with Crippen LogP contribution in [0.25, 0.3) is 21.5 Å². The van der Waals surface area contributed by atoms with Crippen molar-refractivity contribution in [3.8, 4) is 0 Å². The number of rotatable bonds is 18. The van der Waals surface area contributed by atoms with E-state index in [4.69, 9.17) is 9.47 Å². The number of hydrogen-bond donors (Lipinski definition) is 0. The van der Waals surface area contributed by atoms with Gasteiger partial charge in [-0.2, -0.15) is 30.6 Å². The van der Waals surface area contributed by atoms with Crippen LogP contribution in [0.2, 0.25) is 0 Å². The van der Waals surface area contributed by atoms with Crippen molar-refractivity contribution in [3.05, 3.63) is 277 Å². The average molecular weight is 1320 g/mol. The fraction of sp³-hybridized carbons (Fsp3) is 0.129. The monoisotopic (exact) mass is 1320 g/mol. The van der Waals surface area contributed by atoms with Gasteiger partial charge < -0.3 is 44.0 Å². The summed E-state index contributed by atoms with van der Waals surface area (Å²) in [6.07, 6.45) is 21.3. The molecule has 6 aromatic carbocycles. The van der Waals surface area contributed by atoms with E-state index < -0.39 is 26.1 Å². The van der Waals surface area contributed by atoms with Crippen LogP contribution in [-0.2, 0) is 64.4 Å². The summed E-state index contributed by atoms with van der Waals surface area (Å²) >= 11 is 0. The number of carbonyl (C=O) groups excluding carboxylic acids is 4. The van der Waals surface area contributed by atoms with Crippen molar-refractivity contribution >= 4 is 59.7 Å². The third-order valence-corrected chi connectivity index (χ3v) is 14.8. The Kier molecular flexibility index (Phi) is 19.6. The summed E-state index contributed by atoms with van der Waals surface area (Å²) in [5.74, 6) is -3.08. The van der Waals surface area contributed by atoms with Gasteiger partial charge in [-0.25, -0.2) is 28.1 Å². The normalized spacial score (nSPS) is 13.0. The molecule has 0 atom stereocenters. The molecule has 31 heteroatoms. The third kappa shape index (κ3) is 14.3. The topological polar surface area (TPSA) is 200 Å². The van der Waals surface area contributed by atoms with Gasteiger partial charge in [0.25, 0.3) is 35.2 Å². The number of hydrogen-bond acceptors (Lipinski definition) is 12.